The summed E-state index contributed by atoms with van der Waals surface area (Å²) in [6.45, 7) is 5.43. The molecule has 0 aliphatic carbocycles. The van der Waals surface area contributed by atoms with Crippen LogP contribution in [0.2, 0.25) is 0 Å². The molecule has 0 radical (unpaired) electrons. The zero-order valence-corrected chi connectivity index (χ0v) is 7.18. The molecule has 60 valence electrons. The Morgan fingerprint density at radius 1 is 1.55 bits per heavy atom. The third kappa shape index (κ3) is 3.41. The van der Waals surface area contributed by atoms with Crippen LogP contribution >= 0.6 is 0 Å². The van der Waals surface area contributed by atoms with Gasteiger partial charge in [0.05, 0.1) is 17.6 Å². The standard InChI is InChI=1S/C8H13N3/c1-4-8(10)11-7(3)6(2)5-9/h4H2,1-3H3,(H2,10,11)/b7-6+. The normalized spacial score (nSPS) is 13.8. The van der Waals surface area contributed by atoms with Gasteiger partial charge in [0.15, 0.2) is 0 Å². The number of nitrogens with zero attached hydrogens (tertiary/aromatic N) is 2. The van der Waals surface area contributed by atoms with Gasteiger partial charge < -0.3 is 5.73 Å². The van der Waals surface area contributed by atoms with Gasteiger partial charge in [-0.15, -0.1) is 0 Å². The van der Waals surface area contributed by atoms with Gasteiger partial charge in [0.25, 0.3) is 0 Å². The summed E-state index contributed by atoms with van der Waals surface area (Å²) in [6, 6.07) is 2.01. The summed E-state index contributed by atoms with van der Waals surface area (Å²) < 4.78 is 0. The third-order valence-electron chi connectivity index (χ3n) is 1.38. The summed E-state index contributed by atoms with van der Waals surface area (Å²) in [6.07, 6.45) is 0.718. The molecule has 0 fully saturated rings. The van der Waals surface area contributed by atoms with E-state index in [1.807, 2.05) is 13.0 Å². The molecule has 0 bridgehead atoms. The topological polar surface area (TPSA) is 62.2 Å². The summed E-state index contributed by atoms with van der Waals surface area (Å²) in [5.74, 6) is 0.567. The lowest BCUT2D eigenvalue weighted by molar-refractivity contribution is 1.17. The molecular formula is C8H13N3. The Bertz CT molecular complexity index is 230. The van der Waals surface area contributed by atoms with Gasteiger partial charge in [-0.05, 0) is 13.8 Å². The van der Waals surface area contributed by atoms with Crippen LogP contribution in [0.15, 0.2) is 16.3 Å². The largest absolute Gasteiger partial charge is 0.387 e. The number of nitriles is 1. The van der Waals surface area contributed by atoms with Crippen molar-refractivity contribution < 1.29 is 0 Å². The molecular weight excluding hydrogens is 138 g/mol. The lowest BCUT2D eigenvalue weighted by Gasteiger charge is -1.96. The van der Waals surface area contributed by atoms with Crippen LogP contribution in [0.4, 0.5) is 0 Å². The van der Waals surface area contributed by atoms with Crippen LogP contribution in [0.25, 0.3) is 0 Å². The highest BCUT2D eigenvalue weighted by Gasteiger charge is 1.93. The van der Waals surface area contributed by atoms with Crippen LogP contribution in [-0.2, 0) is 0 Å². The fourth-order valence-corrected chi connectivity index (χ4v) is 0.459. The van der Waals surface area contributed by atoms with Crippen molar-refractivity contribution in [3.8, 4) is 6.07 Å². The molecule has 0 rings (SSSR count). The highest BCUT2D eigenvalue weighted by molar-refractivity contribution is 5.81. The molecule has 3 nitrogen and oxygen atoms in total. The summed E-state index contributed by atoms with van der Waals surface area (Å²) in [4.78, 5) is 4.02. The second-order valence-electron chi connectivity index (χ2n) is 2.28. The Hall–Kier alpha value is -1.30. The maximum absolute atomic E-state index is 8.47. The van der Waals surface area contributed by atoms with Gasteiger partial charge in [-0.25, -0.2) is 4.99 Å². The summed E-state index contributed by atoms with van der Waals surface area (Å²) in [5.41, 5.74) is 6.79. The van der Waals surface area contributed by atoms with Gasteiger partial charge in [0, 0.05) is 12.0 Å². The second-order valence-corrected chi connectivity index (χ2v) is 2.28. The van der Waals surface area contributed by atoms with Gasteiger partial charge in [-0.2, -0.15) is 5.26 Å². The average Bonchev–Trinajstić information content (AvgIpc) is 2.02. The van der Waals surface area contributed by atoms with Crippen molar-refractivity contribution in [2.45, 2.75) is 27.2 Å². The first-order valence-electron chi connectivity index (χ1n) is 3.52. The first-order chi connectivity index (χ1) is 5.11. The van der Waals surface area contributed by atoms with Gasteiger partial charge in [0.1, 0.15) is 0 Å². The van der Waals surface area contributed by atoms with E-state index < -0.39 is 0 Å². The summed E-state index contributed by atoms with van der Waals surface area (Å²) >= 11 is 0. The molecule has 0 atom stereocenters. The van der Waals surface area contributed by atoms with Crippen LogP contribution in [0.5, 0.6) is 0 Å². The van der Waals surface area contributed by atoms with Crippen molar-refractivity contribution in [1.29, 1.82) is 5.26 Å². The van der Waals surface area contributed by atoms with Crippen LogP contribution in [0, 0.1) is 11.3 Å². The Labute approximate surface area is 67.2 Å². The van der Waals surface area contributed by atoms with Gasteiger partial charge in [-0.1, -0.05) is 6.92 Å². The van der Waals surface area contributed by atoms with Crippen molar-refractivity contribution >= 4 is 5.84 Å². The van der Waals surface area contributed by atoms with E-state index in [0.29, 0.717) is 17.1 Å². The molecule has 2 N–H and O–H groups in total. The zero-order chi connectivity index (χ0) is 8.85. The van der Waals surface area contributed by atoms with Crippen molar-refractivity contribution in [1.82, 2.24) is 0 Å². The van der Waals surface area contributed by atoms with Crippen LogP contribution in [-0.4, -0.2) is 5.84 Å². The van der Waals surface area contributed by atoms with E-state index in [-0.39, 0.29) is 0 Å². The third-order valence-corrected chi connectivity index (χ3v) is 1.38. The molecule has 0 saturated heterocycles. The summed E-state index contributed by atoms with van der Waals surface area (Å²) in [7, 11) is 0. The average molecular weight is 151 g/mol. The van der Waals surface area contributed by atoms with Crippen molar-refractivity contribution in [2.75, 3.05) is 0 Å². The number of nitrogens with two attached hydrogens (primary N) is 1. The van der Waals surface area contributed by atoms with Gasteiger partial charge in [0.2, 0.25) is 0 Å². The maximum atomic E-state index is 8.47. The lowest BCUT2D eigenvalue weighted by Crippen LogP contribution is -2.09. The van der Waals surface area contributed by atoms with Crippen molar-refractivity contribution in [2.24, 2.45) is 10.7 Å². The predicted molar refractivity (Wildman–Crippen MR) is 45.9 cm³/mol. The summed E-state index contributed by atoms with van der Waals surface area (Å²) in [5, 5.41) is 8.47. The lowest BCUT2D eigenvalue weighted by atomic mass is 10.3. The molecule has 3 heteroatoms. The molecule has 0 aliphatic rings. The molecule has 0 unspecified atom stereocenters. The van der Waals surface area contributed by atoms with Crippen LogP contribution < -0.4 is 5.73 Å². The monoisotopic (exact) mass is 151 g/mol. The van der Waals surface area contributed by atoms with E-state index in [1.54, 1.807) is 13.8 Å². The number of hydrogen-bond donors (Lipinski definition) is 1. The minimum atomic E-state index is 0.567. The van der Waals surface area contributed by atoms with E-state index in [0.717, 1.165) is 6.42 Å². The first kappa shape index (κ1) is 9.70. The number of aliphatic imine (C=N–C) groups is 1. The molecule has 0 aliphatic heterocycles. The molecule has 0 heterocycles. The van der Waals surface area contributed by atoms with E-state index in [2.05, 4.69) is 4.99 Å². The SMILES string of the molecule is CCC(N)=N/C(C)=C(\C)C#N. The Morgan fingerprint density at radius 3 is 2.45 bits per heavy atom. The second kappa shape index (κ2) is 4.51. The number of allylic oxidation sites excluding steroid dienone is 2. The molecule has 0 aromatic heterocycles. The number of rotatable bonds is 2. The van der Waals surface area contributed by atoms with E-state index in [1.165, 1.54) is 0 Å². The van der Waals surface area contributed by atoms with E-state index in [4.69, 9.17) is 11.0 Å². The number of amidine groups is 1. The van der Waals surface area contributed by atoms with Crippen LogP contribution in [0.3, 0.4) is 0 Å². The van der Waals surface area contributed by atoms with E-state index >= 15 is 0 Å². The molecule has 0 aromatic carbocycles. The highest BCUT2D eigenvalue weighted by Crippen LogP contribution is 2.02. The fraction of sp³-hybridized carbons (Fsp3) is 0.500. The molecule has 0 saturated carbocycles. The quantitative estimate of drug-likeness (QED) is 0.370. The van der Waals surface area contributed by atoms with Crippen molar-refractivity contribution in [3.63, 3.8) is 0 Å². The molecule has 0 amide bonds. The first-order valence-corrected chi connectivity index (χ1v) is 3.52. The maximum Gasteiger partial charge on any atom is 0.0989 e. The Balaban J connectivity index is 4.54. The Kier molecular flexibility index (Phi) is 3.97. The predicted octanol–water partition coefficient (Wildman–Crippen LogP) is 1.57. The fourth-order valence-electron chi connectivity index (χ4n) is 0.459. The Morgan fingerprint density at radius 2 is 2.09 bits per heavy atom. The molecule has 0 aromatic rings. The minimum Gasteiger partial charge on any atom is -0.387 e. The zero-order valence-electron chi connectivity index (χ0n) is 7.18. The molecule has 0 spiro atoms. The highest BCUT2D eigenvalue weighted by atomic mass is 14.9. The number of hydrogen-bond acceptors (Lipinski definition) is 2. The molecule has 11 heavy (non-hydrogen) atoms. The van der Waals surface area contributed by atoms with Gasteiger partial charge >= 0.3 is 0 Å². The minimum absolute atomic E-state index is 0.567. The van der Waals surface area contributed by atoms with Crippen molar-refractivity contribution in [3.05, 3.63) is 11.3 Å². The van der Waals surface area contributed by atoms with Crippen LogP contribution in [0.1, 0.15) is 27.2 Å². The van der Waals surface area contributed by atoms with E-state index in [9.17, 15) is 0 Å². The smallest absolute Gasteiger partial charge is 0.0989 e. The van der Waals surface area contributed by atoms with Gasteiger partial charge in [-0.3, -0.25) is 0 Å².